The molecule has 0 unspecified atom stereocenters. The number of carbonyl (C=O) groups is 1. The lowest BCUT2D eigenvalue weighted by molar-refractivity contribution is -0.823. The summed E-state index contributed by atoms with van der Waals surface area (Å²) >= 11 is 0. The molecule has 0 aliphatic heterocycles. The van der Waals surface area contributed by atoms with E-state index < -0.39 is 16.3 Å². The molecule has 0 rings (SSSR count). The number of carbonyl (C=O) groups excluding carboxylic acids is 1. The molecule has 0 aromatic carbocycles. The lowest BCUT2D eigenvalue weighted by Crippen LogP contribution is -2.96. The van der Waals surface area contributed by atoms with Crippen molar-refractivity contribution in [3.8, 4) is 0 Å². The summed E-state index contributed by atoms with van der Waals surface area (Å²) in [5.74, 6) is 0. The predicted molar refractivity (Wildman–Crippen MR) is 55.1 cm³/mol. The molecule has 0 atom stereocenters. The summed E-state index contributed by atoms with van der Waals surface area (Å²) in [6, 6.07) is 0. The second-order valence-corrected chi connectivity index (χ2v) is 5.20. The van der Waals surface area contributed by atoms with Gasteiger partial charge in [-0.2, -0.15) is 8.68 Å². The van der Waals surface area contributed by atoms with Gasteiger partial charge in [-0.3, -0.25) is 0 Å². The highest BCUT2D eigenvalue weighted by Gasteiger charge is 2.43. The largest absolute Gasteiger partial charge is 0.532 e. The van der Waals surface area contributed by atoms with Crippen molar-refractivity contribution in [3.05, 3.63) is 0 Å². The Morgan fingerprint density at radius 2 is 1.60 bits per heavy atom. The van der Waals surface area contributed by atoms with Crippen molar-refractivity contribution in [1.82, 2.24) is 0 Å². The van der Waals surface area contributed by atoms with Crippen LogP contribution in [-0.4, -0.2) is 45.1 Å². The third kappa shape index (κ3) is 2.90. The molecule has 90 valence electrons. The van der Waals surface area contributed by atoms with E-state index >= 15 is 0 Å². The lowest BCUT2D eigenvalue weighted by Gasteiger charge is -2.29. The number of hydrogen-bond acceptors (Lipinski definition) is 4. The summed E-state index contributed by atoms with van der Waals surface area (Å²) in [5, 5.41) is 0. The Labute approximate surface area is 91.0 Å². The third-order valence-corrected chi connectivity index (χ3v) is 5.06. The highest BCUT2D eigenvalue weighted by molar-refractivity contribution is 7.79. The van der Waals surface area contributed by atoms with Crippen molar-refractivity contribution < 1.29 is 26.6 Å². The fourth-order valence-electron chi connectivity index (χ4n) is 1.49. The Balaban J connectivity index is 5.05. The fraction of sp³-hybridized carbons (Fsp3) is 0.875. The number of methoxy groups -OCH3 is 1. The molecule has 15 heavy (non-hydrogen) atoms. The van der Waals surface area contributed by atoms with Crippen LogP contribution in [0.5, 0.6) is 0 Å². The average Bonchev–Trinajstić information content (AvgIpc) is 2.20. The summed E-state index contributed by atoms with van der Waals surface area (Å²) in [6.07, 6.45) is -0.826. The van der Waals surface area contributed by atoms with Crippen LogP contribution in [0, 0.1) is 0 Å². The van der Waals surface area contributed by atoms with Gasteiger partial charge in [-0.15, -0.1) is 8.42 Å². The fourth-order valence-corrected chi connectivity index (χ4v) is 3.13. The molecule has 0 saturated carbocycles. The van der Waals surface area contributed by atoms with Gasteiger partial charge in [-0.05, 0) is 20.8 Å². The first kappa shape index (κ1) is 14.3. The Hall–Kier alpha value is -0.660. The minimum Gasteiger partial charge on any atom is -0.423 e. The quantitative estimate of drug-likeness (QED) is 0.653. The number of nitrogens with zero attached hydrogens (tertiary/aromatic N) is 1. The maximum Gasteiger partial charge on any atom is 0.532 e. The zero-order valence-electron chi connectivity index (χ0n) is 9.69. The molecule has 2 N–H and O–H groups in total. The van der Waals surface area contributed by atoms with Gasteiger partial charge in [0.15, 0.2) is 0 Å². The molecule has 0 spiro atoms. The highest BCUT2D eigenvalue weighted by Crippen LogP contribution is 2.09. The topological polar surface area (TPSA) is 77.0 Å². The second-order valence-electron chi connectivity index (χ2n) is 3.16. The molecule has 0 heterocycles. The van der Waals surface area contributed by atoms with Gasteiger partial charge in [0.25, 0.3) is 0 Å². The Bertz CT molecular complexity index is 300. The van der Waals surface area contributed by atoms with E-state index in [9.17, 15) is 13.2 Å². The van der Waals surface area contributed by atoms with Gasteiger partial charge >= 0.3 is 16.3 Å². The molecule has 0 bridgehead atoms. The number of nitrogens with two attached hydrogens (primary N) is 1. The van der Waals surface area contributed by atoms with E-state index in [1.807, 2.05) is 0 Å². The zero-order chi connectivity index (χ0) is 12.1. The smallest absolute Gasteiger partial charge is 0.423 e. The highest BCUT2D eigenvalue weighted by atomic mass is 32.2. The van der Waals surface area contributed by atoms with E-state index in [4.69, 9.17) is 0 Å². The molecule has 0 aliphatic carbocycles. The van der Waals surface area contributed by atoms with Crippen LogP contribution < -0.4 is 4.72 Å². The van der Waals surface area contributed by atoms with Gasteiger partial charge in [0.2, 0.25) is 0 Å². The predicted octanol–water partition coefficient (Wildman–Crippen LogP) is -0.562. The standard InChI is InChI=1S/C8H18N2O4S/c1-5-10(6-2,7-3)15(12,13)9-8(11)14-4/h5-7H2,1-4H3/p+2. The van der Waals surface area contributed by atoms with Gasteiger partial charge in [0, 0.05) is 0 Å². The van der Waals surface area contributed by atoms with Gasteiger partial charge in [0.1, 0.15) is 0 Å². The van der Waals surface area contributed by atoms with Crippen molar-refractivity contribution in [1.29, 1.82) is 0 Å². The van der Waals surface area contributed by atoms with Crippen molar-refractivity contribution in [3.63, 3.8) is 0 Å². The Morgan fingerprint density at radius 1 is 1.20 bits per heavy atom. The van der Waals surface area contributed by atoms with E-state index in [1.165, 1.54) is 0 Å². The Morgan fingerprint density at radius 3 is 1.87 bits per heavy atom. The third-order valence-electron chi connectivity index (χ3n) is 2.72. The van der Waals surface area contributed by atoms with Crippen LogP contribution in [0.1, 0.15) is 20.8 Å². The summed E-state index contributed by atoms with van der Waals surface area (Å²) in [5.41, 5.74) is 0. The van der Waals surface area contributed by atoms with E-state index in [0.717, 1.165) is 7.11 Å². The van der Waals surface area contributed by atoms with Crippen LogP contribution in [0.3, 0.4) is 0 Å². The van der Waals surface area contributed by atoms with E-state index in [1.54, 1.807) is 20.8 Å². The molecular formula is C8H20N2O4S+2. The normalized spacial score (nSPS) is 12.5. The van der Waals surface area contributed by atoms with E-state index in [2.05, 4.69) is 4.74 Å². The zero-order valence-corrected chi connectivity index (χ0v) is 10.5. The van der Waals surface area contributed by atoms with Gasteiger partial charge < -0.3 is 4.74 Å². The maximum atomic E-state index is 11.9. The molecule has 0 aliphatic rings. The van der Waals surface area contributed by atoms with Crippen molar-refractivity contribution in [2.45, 2.75) is 20.8 Å². The van der Waals surface area contributed by atoms with Crippen LogP contribution in [0.4, 0.5) is 4.79 Å². The number of amides is 1. The molecule has 0 aromatic rings. The van der Waals surface area contributed by atoms with Crippen LogP contribution in [0.2, 0.25) is 0 Å². The molecule has 1 amide bonds. The van der Waals surface area contributed by atoms with Crippen molar-refractivity contribution in [2.24, 2.45) is 0 Å². The summed E-state index contributed by atoms with van der Waals surface area (Å²) < 4.78 is 28.7. The molecule has 0 radical (unpaired) electrons. The molecule has 0 aromatic heterocycles. The van der Waals surface area contributed by atoms with E-state index in [-0.39, 0.29) is 3.89 Å². The first-order valence-corrected chi connectivity index (χ1v) is 6.43. The van der Waals surface area contributed by atoms with Gasteiger partial charge in [0.05, 0.1) is 26.7 Å². The number of quaternary nitrogens is 2. The molecule has 6 nitrogen and oxygen atoms in total. The first-order valence-electron chi connectivity index (χ1n) is 4.93. The number of hydrogen-bond donors (Lipinski definition) is 1. The SMILES string of the molecule is CC[N+](CC)(CC)S(=O)(=O)[NH2+]C(=O)OC. The van der Waals surface area contributed by atoms with Gasteiger partial charge in [-0.1, -0.05) is 4.72 Å². The number of rotatable bonds is 5. The van der Waals surface area contributed by atoms with Crippen LogP contribution in [-0.2, 0) is 14.9 Å². The molecule has 0 fully saturated rings. The Kier molecular flexibility index (Phi) is 5.19. The van der Waals surface area contributed by atoms with Gasteiger partial charge in [-0.25, -0.2) is 0 Å². The summed E-state index contributed by atoms with van der Waals surface area (Å²) in [4.78, 5) is 11.0. The summed E-state index contributed by atoms with van der Waals surface area (Å²) in [6.45, 7) is 6.66. The second kappa shape index (κ2) is 5.43. The number of primary amides is 1. The summed E-state index contributed by atoms with van der Waals surface area (Å²) in [7, 11) is -2.45. The maximum absolute atomic E-state index is 11.9. The molecule has 7 heteroatoms. The minimum atomic E-state index is -3.61. The molecule has 0 saturated heterocycles. The first-order chi connectivity index (χ1) is 6.89. The van der Waals surface area contributed by atoms with Crippen LogP contribution in [0.25, 0.3) is 0 Å². The minimum absolute atomic E-state index is 0.123. The van der Waals surface area contributed by atoms with Crippen LogP contribution >= 0.6 is 0 Å². The number of ether oxygens (including phenoxy) is 1. The van der Waals surface area contributed by atoms with Crippen molar-refractivity contribution >= 4 is 16.3 Å². The van der Waals surface area contributed by atoms with Crippen LogP contribution in [0.15, 0.2) is 0 Å². The van der Waals surface area contributed by atoms with E-state index in [0.29, 0.717) is 24.4 Å². The van der Waals surface area contributed by atoms with Crippen molar-refractivity contribution in [2.75, 3.05) is 26.7 Å². The lowest BCUT2D eigenvalue weighted by atomic mass is 10.5. The molecular weight excluding hydrogens is 220 g/mol. The average molecular weight is 240 g/mol. The monoisotopic (exact) mass is 240 g/mol.